The lowest BCUT2D eigenvalue weighted by Gasteiger charge is -2.29. The molecule has 196 valence electrons. The zero-order valence-electron chi connectivity index (χ0n) is 21.0. The minimum absolute atomic E-state index is 0.295. The van der Waals surface area contributed by atoms with Gasteiger partial charge in [0, 0.05) is 26.1 Å². The van der Waals surface area contributed by atoms with Crippen LogP contribution in [0.15, 0.2) is 0 Å². The molecule has 0 aliphatic carbocycles. The number of rotatable bonds is 21. The summed E-state index contributed by atoms with van der Waals surface area (Å²) in [7, 11) is -4.21. The summed E-state index contributed by atoms with van der Waals surface area (Å²) in [6.07, 6.45) is 18.4. The zero-order chi connectivity index (χ0) is 24.2. The second-order valence-corrected chi connectivity index (χ2v) is 11.0. The van der Waals surface area contributed by atoms with Crippen molar-refractivity contribution in [2.24, 2.45) is 0 Å². The van der Waals surface area contributed by atoms with E-state index in [1.165, 1.54) is 77.0 Å². The van der Waals surface area contributed by atoms with Crippen LogP contribution < -0.4 is 0 Å². The number of hydrogen-bond acceptors (Lipinski definition) is 6. The Kier molecular flexibility index (Phi) is 18.0. The number of morpholine rings is 1. The van der Waals surface area contributed by atoms with E-state index in [0.717, 1.165) is 19.3 Å². The number of hydrogen-bond donors (Lipinski definition) is 1. The maximum absolute atomic E-state index is 12.2. The highest BCUT2D eigenvalue weighted by atomic mass is 32.2. The molecular formula is C25H49NO6S. The van der Waals surface area contributed by atoms with Crippen molar-refractivity contribution >= 4 is 16.1 Å². The first-order valence-electron chi connectivity index (χ1n) is 13.4. The molecule has 0 amide bonds. The number of esters is 1. The van der Waals surface area contributed by atoms with Crippen LogP contribution in [0.25, 0.3) is 0 Å². The molecule has 1 aliphatic heterocycles. The van der Waals surface area contributed by atoms with Crippen molar-refractivity contribution in [2.75, 3.05) is 38.6 Å². The lowest BCUT2D eigenvalue weighted by molar-refractivity contribution is -0.149. The van der Waals surface area contributed by atoms with Gasteiger partial charge in [-0.2, -0.15) is 8.42 Å². The average molecular weight is 492 g/mol. The number of carbonyl (C=O) groups is 1. The van der Waals surface area contributed by atoms with Crippen molar-refractivity contribution in [3.05, 3.63) is 0 Å². The predicted molar refractivity (Wildman–Crippen MR) is 133 cm³/mol. The summed E-state index contributed by atoms with van der Waals surface area (Å²) < 4.78 is 42.4. The molecule has 1 unspecified atom stereocenters. The molecular weight excluding hydrogens is 442 g/mol. The molecule has 0 radical (unpaired) electrons. The zero-order valence-corrected chi connectivity index (χ0v) is 21.8. The van der Waals surface area contributed by atoms with Crippen LogP contribution in [0.4, 0.5) is 0 Å². The Balaban J connectivity index is 2.01. The lowest BCUT2D eigenvalue weighted by atomic mass is 10.0. The summed E-state index contributed by atoms with van der Waals surface area (Å²) in [5.74, 6) is -0.943. The van der Waals surface area contributed by atoms with Gasteiger partial charge >= 0.3 is 5.97 Å². The molecule has 1 saturated heterocycles. The maximum Gasteiger partial charge on any atom is 0.306 e. The quantitative estimate of drug-likeness (QED) is 0.131. The molecule has 0 spiro atoms. The topological polar surface area (TPSA) is 93.1 Å². The van der Waals surface area contributed by atoms with Gasteiger partial charge in [-0.05, 0) is 6.42 Å². The van der Waals surface area contributed by atoms with Crippen LogP contribution in [0.2, 0.25) is 0 Å². The molecule has 0 aromatic carbocycles. The van der Waals surface area contributed by atoms with E-state index in [1.807, 2.05) is 4.90 Å². The Morgan fingerprint density at radius 2 is 1.30 bits per heavy atom. The number of carbonyl (C=O) groups excluding carboxylic acids is 1. The minimum Gasteiger partial charge on any atom is -0.460 e. The highest BCUT2D eigenvalue weighted by Crippen LogP contribution is 2.14. The van der Waals surface area contributed by atoms with E-state index in [0.29, 0.717) is 39.3 Å². The van der Waals surface area contributed by atoms with Gasteiger partial charge < -0.3 is 9.47 Å². The molecule has 1 fully saturated rings. The number of nitrogens with zero attached hydrogens (tertiary/aromatic N) is 1. The summed E-state index contributed by atoms with van der Waals surface area (Å²) in [4.78, 5) is 14.2. The second-order valence-electron chi connectivity index (χ2n) is 9.47. The Morgan fingerprint density at radius 3 is 1.76 bits per heavy atom. The molecule has 1 N–H and O–H groups in total. The van der Waals surface area contributed by atoms with Crippen LogP contribution in [0.1, 0.15) is 110 Å². The predicted octanol–water partition coefficient (Wildman–Crippen LogP) is 5.38. The van der Waals surface area contributed by atoms with Crippen molar-refractivity contribution in [1.29, 1.82) is 0 Å². The van der Waals surface area contributed by atoms with E-state index in [1.54, 1.807) is 0 Å². The van der Waals surface area contributed by atoms with Crippen molar-refractivity contribution in [3.63, 3.8) is 0 Å². The highest BCUT2D eigenvalue weighted by Gasteiger charge is 2.24. The van der Waals surface area contributed by atoms with Gasteiger partial charge in [-0.25, -0.2) is 0 Å². The summed E-state index contributed by atoms with van der Waals surface area (Å²) in [5, 5.41) is 0. The van der Waals surface area contributed by atoms with Gasteiger partial charge in [0.2, 0.25) is 0 Å². The van der Waals surface area contributed by atoms with Gasteiger partial charge in [0.05, 0.1) is 13.2 Å². The third-order valence-electron chi connectivity index (χ3n) is 6.24. The number of ether oxygens (including phenoxy) is 2. The molecule has 1 aliphatic rings. The largest absolute Gasteiger partial charge is 0.460 e. The van der Waals surface area contributed by atoms with Crippen molar-refractivity contribution in [1.82, 2.24) is 4.90 Å². The van der Waals surface area contributed by atoms with Crippen LogP contribution in [-0.2, 0) is 24.4 Å². The minimum atomic E-state index is -4.21. The van der Waals surface area contributed by atoms with Crippen LogP contribution in [0.3, 0.4) is 0 Å². The molecule has 0 aromatic rings. The van der Waals surface area contributed by atoms with Crippen LogP contribution in [0, 0.1) is 0 Å². The van der Waals surface area contributed by atoms with Gasteiger partial charge in [-0.15, -0.1) is 0 Å². The lowest BCUT2D eigenvalue weighted by Crippen LogP contribution is -2.44. The van der Waals surface area contributed by atoms with Crippen molar-refractivity contribution < 1.29 is 27.2 Å². The van der Waals surface area contributed by atoms with E-state index in [-0.39, 0.29) is 5.97 Å². The molecule has 0 bridgehead atoms. The van der Waals surface area contributed by atoms with E-state index < -0.39 is 22.0 Å². The molecule has 0 saturated carbocycles. The summed E-state index contributed by atoms with van der Waals surface area (Å²) in [5.41, 5.74) is 0. The molecule has 1 rings (SSSR count). The van der Waals surface area contributed by atoms with E-state index in [2.05, 4.69) is 6.92 Å². The third kappa shape index (κ3) is 19.3. The first-order valence-corrected chi connectivity index (χ1v) is 15.0. The second kappa shape index (κ2) is 19.6. The Labute approximate surface area is 202 Å². The highest BCUT2D eigenvalue weighted by molar-refractivity contribution is 7.85. The van der Waals surface area contributed by atoms with Crippen LogP contribution in [-0.4, -0.2) is 68.5 Å². The maximum atomic E-state index is 12.2. The molecule has 8 heteroatoms. The Hall–Kier alpha value is -0.700. The summed E-state index contributed by atoms with van der Waals surface area (Å²) in [6.45, 7) is 5.04. The average Bonchev–Trinajstić information content (AvgIpc) is 2.76. The Morgan fingerprint density at radius 1 is 0.848 bits per heavy atom. The van der Waals surface area contributed by atoms with Gasteiger partial charge in [-0.3, -0.25) is 14.2 Å². The molecule has 0 aromatic heterocycles. The fraction of sp³-hybridized carbons (Fsp3) is 0.960. The van der Waals surface area contributed by atoms with Gasteiger partial charge in [-0.1, -0.05) is 96.8 Å². The summed E-state index contributed by atoms with van der Waals surface area (Å²) in [6, 6.07) is 0. The van der Waals surface area contributed by atoms with Crippen molar-refractivity contribution in [2.45, 2.75) is 116 Å². The van der Waals surface area contributed by atoms with Crippen molar-refractivity contribution in [3.8, 4) is 0 Å². The fourth-order valence-electron chi connectivity index (χ4n) is 4.32. The molecule has 33 heavy (non-hydrogen) atoms. The number of unbranched alkanes of at least 4 members (excludes halogenated alkanes) is 14. The van der Waals surface area contributed by atoms with Gasteiger partial charge in [0.1, 0.15) is 11.9 Å². The standard InChI is InChI=1S/C25H49NO6S/c1-2-3-4-5-6-7-8-9-10-11-12-13-14-15-16-17-25(27)32-24(23-33(28,29)30)22-26-18-20-31-21-19-26/h24H,2-23H2,1H3,(H,28,29,30). The smallest absolute Gasteiger partial charge is 0.306 e. The first kappa shape index (κ1) is 30.3. The van der Waals surface area contributed by atoms with E-state index in [4.69, 9.17) is 9.47 Å². The molecule has 1 atom stereocenters. The monoisotopic (exact) mass is 491 g/mol. The summed E-state index contributed by atoms with van der Waals surface area (Å²) >= 11 is 0. The van der Waals surface area contributed by atoms with Gasteiger partial charge in [0.15, 0.2) is 0 Å². The third-order valence-corrected chi connectivity index (χ3v) is 7.04. The van der Waals surface area contributed by atoms with Crippen LogP contribution >= 0.6 is 0 Å². The van der Waals surface area contributed by atoms with Gasteiger partial charge in [0.25, 0.3) is 10.1 Å². The first-order chi connectivity index (χ1) is 15.9. The van der Waals surface area contributed by atoms with E-state index >= 15 is 0 Å². The molecule has 1 heterocycles. The van der Waals surface area contributed by atoms with E-state index in [9.17, 15) is 17.8 Å². The normalized spacial score (nSPS) is 16.1. The SMILES string of the molecule is CCCCCCCCCCCCCCCCCC(=O)OC(CN1CCOCC1)CS(=O)(=O)O. The Bertz CT molecular complexity index is 577. The van der Waals surface area contributed by atoms with Crippen LogP contribution in [0.5, 0.6) is 0 Å². The molecule has 7 nitrogen and oxygen atoms in total. The fourth-order valence-corrected chi connectivity index (χ4v) is 4.96.